The lowest BCUT2D eigenvalue weighted by Crippen LogP contribution is -2.07. The lowest BCUT2D eigenvalue weighted by atomic mass is 10.3. The smallest absolute Gasteiger partial charge is 0.271 e. The molecule has 0 radical (unpaired) electrons. The number of nitro benzene ring substituents is 1. The number of hydrogen-bond donors (Lipinski definition) is 1. The van der Waals surface area contributed by atoms with Crippen LogP contribution < -0.4 is 5.73 Å². The first-order valence-corrected chi connectivity index (χ1v) is 4.57. The second-order valence-corrected chi connectivity index (χ2v) is 3.12. The lowest BCUT2D eigenvalue weighted by Gasteiger charge is -2.03. The Kier molecular flexibility index (Phi) is 2.61. The molecule has 0 aliphatic carbocycles. The number of nitro groups is 1. The summed E-state index contributed by atoms with van der Waals surface area (Å²) in [5.74, 6) is 0. The van der Waals surface area contributed by atoms with E-state index >= 15 is 0 Å². The summed E-state index contributed by atoms with van der Waals surface area (Å²) in [6, 6.07) is 6.15. The summed E-state index contributed by atoms with van der Waals surface area (Å²) < 4.78 is 1.48. The van der Waals surface area contributed by atoms with Crippen LogP contribution in [0.4, 0.5) is 5.69 Å². The van der Waals surface area contributed by atoms with Gasteiger partial charge in [0.1, 0.15) is 0 Å². The minimum atomic E-state index is -0.456. The van der Waals surface area contributed by atoms with Crippen LogP contribution in [-0.4, -0.2) is 19.9 Å². The quantitative estimate of drug-likeness (QED) is 0.602. The van der Waals surface area contributed by atoms with Crippen LogP contribution in [0.2, 0.25) is 0 Å². The number of rotatable bonds is 3. The molecule has 2 aromatic rings. The van der Waals surface area contributed by atoms with E-state index in [1.807, 2.05) is 0 Å². The van der Waals surface area contributed by atoms with Gasteiger partial charge in [0, 0.05) is 18.7 Å². The monoisotopic (exact) mass is 219 g/mol. The molecule has 2 rings (SSSR count). The van der Waals surface area contributed by atoms with Crippen LogP contribution in [-0.2, 0) is 6.54 Å². The minimum absolute atomic E-state index is 0.0102. The second-order valence-electron chi connectivity index (χ2n) is 3.12. The molecule has 0 saturated carbocycles. The number of nitrogens with two attached hydrogens (primary N) is 1. The highest BCUT2D eigenvalue weighted by atomic mass is 16.6. The number of benzene rings is 1. The third kappa shape index (κ3) is 1.75. The van der Waals surface area contributed by atoms with E-state index in [0.717, 1.165) is 0 Å². The highest BCUT2D eigenvalue weighted by Crippen LogP contribution is 2.16. The fourth-order valence-electron chi connectivity index (χ4n) is 1.35. The molecule has 0 amide bonds. The van der Waals surface area contributed by atoms with Gasteiger partial charge in [-0.2, -0.15) is 0 Å². The zero-order valence-corrected chi connectivity index (χ0v) is 8.28. The standard InChI is InChI=1S/C9H9N5O2/c10-5-9-6-11-12-13(9)7-2-1-3-8(4-7)14(15)16/h1-4,6H,5,10H2. The van der Waals surface area contributed by atoms with Crippen molar-refractivity contribution in [1.82, 2.24) is 15.0 Å². The van der Waals surface area contributed by atoms with Crippen LogP contribution in [0.15, 0.2) is 30.5 Å². The first kappa shape index (κ1) is 10.2. The molecule has 0 spiro atoms. The summed E-state index contributed by atoms with van der Waals surface area (Å²) in [5, 5.41) is 18.1. The van der Waals surface area contributed by atoms with Crippen molar-refractivity contribution in [1.29, 1.82) is 0 Å². The van der Waals surface area contributed by atoms with Gasteiger partial charge in [0.05, 0.1) is 22.5 Å². The fraction of sp³-hybridized carbons (Fsp3) is 0.111. The van der Waals surface area contributed by atoms with Gasteiger partial charge in [-0.05, 0) is 6.07 Å². The van der Waals surface area contributed by atoms with Crippen molar-refractivity contribution in [3.63, 3.8) is 0 Å². The molecule has 0 unspecified atom stereocenters. The summed E-state index contributed by atoms with van der Waals surface area (Å²) >= 11 is 0. The van der Waals surface area contributed by atoms with Crippen molar-refractivity contribution in [3.05, 3.63) is 46.3 Å². The van der Waals surface area contributed by atoms with Gasteiger partial charge in [-0.3, -0.25) is 10.1 Å². The summed E-state index contributed by atoms with van der Waals surface area (Å²) in [7, 11) is 0. The number of aromatic nitrogens is 3. The molecular formula is C9H9N5O2. The first-order chi connectivity index (χ1) is 7.72. The SMILES string of the molecule is NCc1cnnn1-c1cccc([N+](=O)[O-])c1. The molecule has 1 aromatic carbocycles. The van der Waals surface area contributed by atoms with Crippen molar-refractivity contribution < 1.29 is 4.92 Å². The van der Waals surface area contributed by atoms with Gasteiger partial charge in [-0.15, -0.1) is 5.10 Å². The van der Waals surface area contributed by atoms with Crippen molar-refractivity contribution >= 4 is 5.69 Å². The van der Waals surface area contributed by atoms with E-state index in [4.69, 9.17) is 5.73 Å². The van der Waals surface area contributed by atoms with E-state index in [1.54, 1.807) is 12.1 Å². The molecule has 1 heterocycles. The Morgan fingerprint density at radius 1 is 1.50 bits per heavy atom. The molecular weight excluding hydrogens is 210 g/mol. The highest BCUT2D eigenvalue weighted by molar-refractivity contribution is 5.43. The highest BCUT2D eigenvalue weighted by Gasteiger charge is 2.09. The van der Waals surface area contributed by atoms with Crippen LogP contribution in [0, 0.1) is 10.1 Å². The molecule has 7 heteroatoms. The summed E-state index contributed by atoms with van der Waals surface area (Å²) in [5.41, 5.74) is 6.78. The molecule has 0 aliphatic rings. The van der Waals surface area contributed by atoms with E-state index in [-0.39, 0.29) is 12.2 Å². The number of non-ortho nitro benzene ring substituents is 1. The first-order valence-electron chi connectivity index (χ1n) is 4.57. The number of hydrogen-bond acceptors (Lipinski definition) is 5. The second kappa shape index (κ2) is 4.07. The Labute approximate surface area is 90.6 Å². The van der Waals surface area contributed by atoms with Gasteiger partial charge < -0.3 is 5.73 Å². The van der Waals surface area contributed by atoms with E-state index in [2.05, 4.69) is 10.3 Å². The van der Waals surface area contributed by atoms with Gasteiger partial charge in [0.25, 0.3) is 5.69 Å². The minimum Gasteiger partial charge on any atom is -0.325 e. The summed E-state index contributed by atoms with van der Waals surface area (Å²) in [4.78, 5) is 10.2. The molecule has 0 saturated heterocycles. The average molecular weight is 219 g/mol. The molecule has 16 heavy (non-hydrogen) atoms. The maximum absolute atomic E-state index is 10.6. The third-order valence-corrected chi connectivity index (χ3v) is 2.11. The molecule has 1 aromatic heterocycles. The van der Waals surface area contributed by atoms with Gasteiger partial charge in [0.15, 0.2) is 0 Å². The van der Waals surface area contributed by atoms with Crippen molar-refractivity contribution in [2.45, 2.75) is 6.54 Å². The predicted molar refractivity (Wildman–Crippen MR) is 55.9 cm³/mol. The van der Waals surface area contributed by atoms with Gasteiger partial charge >= 0.3 is 0 Å². The van der Waals surface area contributed by atoms with E-state index in [0.29, 0.717) is 11.4 Å². The Hall–Kier alpha value is -2.28. The Balaban J connectivity index is 2.48. The fourth-order valence-corrected chi connectivity index (χ4v) is 1.35. The Bertz CT molecular complexity index is 522. The van der Waals surface area contributed by atoms with Crippen LogP contribution in [0.1, 0.15) is 5.69 Å². The lowest BCUT2D eigenvalue weighted by molar-refractivity contribution is -0.384. The van der Waals surface area contributed by atoms with Gasteiger partial charge in [0.2, 0.25) is 0 Å². The van der Waals surface area contributed by atoms with Crippen LogP contribution >= 0.6 is 0 Å². The molecule has 0 aliphatic heterocycles. The van der Waals surface area contributed by atoms with Crippen LogP contribution in [0.3, 0.4) is 0 Å². The molecule has 7 nitrogen and oxygen atoms in total. The molecule has 0 atom stereocenters. The van der Waals surface area contributed by atoms with E-state index in [9.17, 15) is 10.1 Å². The topological polar surface area (TPSA) is 99.9 Å². The zero-order chi connectivity index (χ0) is 11.5. The molecule has 2 N–H and O–H groups in total. The Morgan fingerprint density at radius 3 is 3.00 bits per heavy atom. The number of nitrogens with zero attached hydrogens (tertiary/aromatic N) is 4. The third-order valence-electron chi connectivity index (χ3n) is 2.11. The van der Waals surface area contributed by atoms with Crippen LogP contribution in [0.25, 0.3) is 5.69 Å². The summed E-state index contributed by atoms with van der Waals surface area (Å²) in [6.45, 7) is 0.274. The van der Waals surface area contributed by atoms with Crippen molar-refractivity contribution in [2.75, 3.05) is 0 Å². The molecule has 0 fully saturated rings. The van der Waals surface area contributed by atoms with E-state index in [1.165, 1.54) is 23.0 Å². The van der Waals surface area contributed by atoms with Crippen LogP contribution in [0.5, 0.6) is 0 Å². The summed E-state index contributed by atoms with van der Waals surface area (Å²) in [6.07, 6.45) is 1.53. The Morgan fingerprint density at radius 2 is 2.31 bits per heavy atom. The maximum Gasteiger partial charge on any atom is 0.271 e. The molecule has 82 valence electrons. The normalized spacial score (nSPS) is 10.3. The zero-order valence-electron chi connectivity index (χ0n) is 8.28. The molecule has 0 bridgehead atoms. The van der Waals surface area contributed by atoms with E-state index < -0.39 is 4.92 Å². The predicted octanol–water partition coefficient (Wildman–Crippen LogP) is 0.634. The van der Waals surface area contributed by atoms with Crippen molar-refractivity contribution in [3.8, 4) is 5.69 Å². The average Bonchev–Trinajstić information content (AvgIpc) is 2.77. The van der Waals surface area contributed by atoms with Gasteiger partial charge in [-0.1, -0.05) is 11.3 Å². The largest absolute Gasteiger partial charge is 0.325 e. The maximum atomic E-state index is 10.6. The van der Waals surface area contributed by atoms with Gasteiger partial charge in [-0.25, -0.2) is 4.68 Å². The van der Waals surface area contributed by atoms with Crippen molar-refractivity contribution in [2.24, 2.45) is 5.73 Å².